The molecule has 0 fully saturated rings. The summed E-state index contributed by atoms with van der Waals surface area (Å²) in [6, 6.07) is 2.48. The van der Waals surface area contributed by atoms with E-state index in [4.69, 9.17) is 27.9 Å². The molecule has 0 saturated heterocycles. The molecule has 0 unspecified atom stereocenters. The van der Waals surface area contributed by atoms with Crippen molar-refractivity contribution in [2.24, 2.45) is 0 Å². The van der Waals surface area contributed by atoms with E-state index in [0.717, 1.165) is 4.31 Å². The first-order valence-electron chi connectivity index (χ1n) is 7.93. The number of carbonyl (C=O) groups is 2. The SMILES string of the molecule is CCn1[nH]cc(C(=O)c2ccc(Cl)c(OCCN(S)C(=O)NC)c2Cl)c1=O. The molecule has 0 saturated carbocycles. The zero-order valence-corrected chi connectivity index (χ0v) is 17.0. The Labute approximate surface area is 170 Å². The minimum atomic E-state index is -0.545. The second-order valence-electron chi connectivity index (χ2n) is 5.33. The van der Waals surface area contributed by atoms with Gasteiger partial charge in [-0.3, -0.25) is 18.6 Å². The van der Waals surface area contributed by atoms with Gasteiger partial charge in [-0.25, -0.2) is 4.79 Å². The van der Waals surface area contributed by atoms with Gasteiger partial charge < -0.3 is 15.2 Å². The Bertz CT molecular complexity index is 912. The van der Waals surface area contributed by atoms with E-state index in [1.54, 1.807) is 6.92 Å². The monoisotopic (exact) mass is 432 g/mol. The fourth-order valence-electron chi connectivity index (χ4n) is 2.26. The van der Waals surface area contributed by atoms with E-state index in [1.165, 1.54) is 30.1 Å². The van der Waals surface area contributed by atoms with Gasteiger partial charge in [0.2, 0.25) is 5.78 Å². The van der Waals surface area contributed by atoms with Crippen LogP contribution in [0.5, 0.6) is 5.75 Å². The van der Waals surface area contributed by atoms with Crippen molar-refractivity contribution >= 4 is 47.8 Å². The molecule has 0 spiro atoms. The molecule has 0 atom stereocenters. The summed E-state index contributed by atoms with van der Waals surface area (Å²) in [5.41, 5.74) is -0.384. The first-order valence-corrected chi connectivity index (χ1v) is 9.09. The zero-order valence-electron chi connectivity index (χ0n) is 14.6. The standard InChI is InChI=1S/C16H18Cl2N4O4S/c1-3-21-15(24)10(8-20-21)13(23)9-4-5-11(17)14(12(9)18)26-7-6-22(27)16(25)19-2/h4-5,8,20,27H,3,6-7H2,1-2H3,(H,19,25). The minimum absolute atomic E-state index is 0.0122. The number of aryl methyl sites for hydroxylation is 1. The molecular weight excluding hydrogens is 415 g/mol. The molecule has 146 valence electrons. The number of benzene rings is 1. The van der Waals surface area contributed by atoms with Crippen LogP contribution in [-0.2, 0) is 6.54 Å². The third-order valence-electron chi connectivity index (χ3n) is 3.69. The van der Waals surface area contributed by atoms with Crippen LogP contribution in [0.1, 0.15) is 22.8 Å². The van der Waals surface area contributed by atoms with Crippen molar-refractivity contribution in [2.45, 2.75) is 13.5 Å². The van der Waals surface area contributed by atoms with Gasteiger partial charge in [0.25, 0.3) is 5.56 Å². The minimum Gasteiger partial charge on any atom is -0.489 e. The number of aromatic amines is 1. The molecule has 11 heteroatoms. The summed E-state index contributed by atoms with van der Waals surface area (Å²) in [5.74, 6) is -0.453. The quantitative estimate of drug-likeness (QED) is 0.462. The first-order chi connectivity index (χ1) is 12.8. The first kappa shape index (κ1) is 21.2. The van der Waals surface area contributed by atoms with Gasteiger partial charge in [0.05, 0.1) is 16.6 Å². The summed E-state index contributed by atoms with van der Waals surface area (Å²) >= 11 is 16.4. The number of H-pyrrole nitrogens is 1. The molecule has 0 aliphatic rings. The van der Waals surface area contributed by atoms with E-state index in [9.17, 15) is 14.4 Å². The lowest BCUT2D eigenvalue weighted by Crippen LogP contribution is -2.33. The second kappa shape index (κ2) is 9.20. The number of rotatable bonds is 7. The topological polar surface area (TPSA) is 96.4 Å². The Morgan fingerprint density at radius 2 is 2.04 bits per heavy atom. The van der Waals surface area contributed by atoms with Gasteiger partial charge in [-0.1, -0.05) is 36.0 Å². The maximum absolute atomic E-state index is 12.7. The van der Waals surface area contributed by atoms with Crippen LogP contribution in [0.15, 0.2) is 23.1 Å². The van der Waals surface area contributed by atoms with Gasteiger partial charge in [-0.05, 0) is 19.1 Å². The van der Waals surface area contributed by atoms with Crippen LogP contribution in [0.25, 0.3) is 0 Å². The van der Waals surface area contributed by atoms with E-state index < -0.39 is 17.4 Å². The van der Waals surface area contributed by atoms with Crippen LogP contribution in [0.4, 0.5) is 4.79 Å². The molecule has 8 nitrogen and oxygen atoms in total. The highest BCUT2D eigenvalue weighted by atomic mass is 35.5. The molecule has 1 aromatic carbocycles. The molecule has 1 aromatic heterocycles. The third kappa shape index (κ3) is 4.60. The molecule has 0 aliphatic carbocycles. The number of urea groups is 1. The fraction of sp³-hybridized carbons (Fsp3) is 0.312. The summed E-state index contributed by atoms with van der Waals surface area (Å²) in [7, 11) is 1.47. The Hall–Kier alpha value is -2.10. The van der Waals surface area contributed by atoms with Crippen LogP contribution >= 0.6 is 36.0 Å². The summed E-state index contributed by atoms with van der Waals surface area (Å²) < 4.78 is 7.95. The highest BCUT2D eigenvalue weighted by Gasteiger charge is 2.22. The Balaban J connectivity index is 2.24. The molecule has 2 aromatic rings. The molecule has 1 heterocycles. The highest BCUT2D eigenvalue weighted by Crippen LogP contribution is 2.36. The molecular formula is C16H18Cl2N4O4S. The number of nitrogens with one attached hydrogen (secondary N) is 2. The van der Waals surface area contributed by atoms with Crippen molar-refractivity contribution < 1.29 is 14.3 Å². The van der Waals surface area contributed by atoms with Gasteiger partial charge in [-0.2, -0.15) is 0 Å². The van der Waals surface area contributed by atoms with Crippen LogP contribution in [0.2, 0.25) is 10.0 Å². The number of hydrogen-bond donors (Lipinski definition) is 3. The largest absolute Gasteiger partial charge is 0.489 e. The fourth-order valence-corrected chi connectivity index (χ4v) is 3.00. The second-order valence-corrected chi connectivity index (χ2v) is 6.60. The maximum atomic E-state index is 12.7. The van der Waals surface area contributed by atoms with Crippen LogP contribution in [0.3, 0.4) is 0 Å². The summed E-state index contributed by atoms with van der Waals surface area (Å²) in [4.78, 5) is 36.3. The lowest BCUT2D eigenvalue weighted by atomic mass is 10.1. The number of amides is 2. The lowest BCUT2D eigenvalue weighted by molar-refractivity contribution is 0.103. The van der Waals surface area contributed by atoms with Crippen molar-refractivity contribution in [3.63, 3.8) is 0 Å². The maximum Gasteiger partial charge on any atom is 0.327 e. The van der Waals surface area contributed by atoms with Crippen molar-refractivity contribution in [3.05, 3.63) is 49.9 Å². The van der Waals surface area contributed by atoms with E-state index in [1.807, 2.05) is 0 Å². The predicted molar refractivity (Wildman–Crippen MR) is 106 cm³/mol. The van der Waals surface area contributed by atoms with Gasteiger partial charge in [0.1, 0.15) is 12.2 Å². The van der Waals surface area contributed by atoms with Gasteiger partial charge in [0, 0.05) is 25.4 Å². The summed E-state index contributed by atoms with van der Waals surface area (Å²) in [6.45, 7) is 2.37. The number of halogens is 2. The molecule has 0 bridgehead atoms. The van der Waals surface area contributed by atoms with Crippen LogP contribution < -0.4 is 15.6 Å². The number of ketones is 1. The molecule has 0 aliphatic heterocycles. The third-order valence-corrected chi connectivity index (χ3v) is 4.75. The van der Waals surface area contributed by atoms with E-state index in [0.29, 0.717) is 6.54 Å². The van der Waals surface area contributed by atoms with Crippen molar-refractivity contribution in [1.82, 2.24) is 19.4 Å². The average molecular weight is 433 g/mol. The average Bonchev–Trinajstić information content (AvgIpc) is 3.03. The number of aromatic nitrogens is 2. The van der Waals surface area contributed by atoms with Crippen LogP contribution in [-0.4, -0.2) is 46.1 Å². The Kier molecular flexibility index (Phi) is 7.23. The van der Waals surface area contributed by atoms with E-state index >= 15 is 0 Å². The van der Waals surface area contributed by atoms with Crippen LogP contribution in [0, 0.1) is 0 Å². The lowest BCUT2D eigenvalue weighted by Gasteiger charge is -2.17. The summed E-state index contributed by atoms with van der Waals surface area (Å²) in [6.07, 6.45) is 1.34. The summed E-state index contributed by atoms with van der Waals surface area (Å²) in [5, 5.41) is 5.31. The zero-order chi connectivity index (χ0) is 20.1. The highest BCUT2D eigenvalue weighted by molar-refractivity contribution is 7.78. The molecule has 0 radical (unpaired) electrons. The Morgan fingerprint density at radius 1 is 1.33 bits per heavy atom. The molecule has 2 N–H and O–H groups in total. The Morgan fingerprint density at radius 3 is 2.63 bits per heavy atom. The normalized spacial score (nSPS) is 10.6. The van der Waals surface area contributed by atoms with Gasteiger partial charge in [0.15, 0.2) is 5.75 Å². The smallest absolute Gasteiger partial charge is 0.327 e. The van der Waals surface area contributed by atoms with Crippen molar-refractivity contribution in [2.75, 3.05) is 20.2 Å². The number of carbonyl (C=O) groups excluding carboxylic acids is 2. The van der Waals surface area contributed by atoms with Crippen molar-refractivity contribution in [3.8, 4) is 5.75 Å². The number of hydrogen-bond acceptors (Lipinski definition) is 5. The molecule has 27 heavy (non-hydrogen) atoms. The molecule has 2 rings (SSSR count). The van der Waals surface area contributed by atoms with E-state index in [-0.39, 0.29) is 40.1 Å². The van der Waals surface area contributed by atoms with Gasteiger partial charge in [-0.15, -0.1) is 0 Å². The van der Waals surface area contributed by atoms with Crippen molar-refractivity contribution in [1.29, 1.82) is 0 Å². The number of nitrogens with zero attached hydrogens (tertiary/aromatic N) is 2. The van der Waals surface area contributed by atoms with E-state index in [2.05, 4.69) is 23.2 Å². The predicted octanol–water partition coefficient (Wildman–Crippen LogP) is 2.60. The van der Waals surface area contributed by atoms with Gasteiger partial charge >= 0.3 is 6.03 Å². The number of ether oxygens (including phenoxy) is 1. The molecule has 2 amide bonds. The number of thiol groups is 1.